The summed E-state index contributed by atoms with van der Waals surface area (Å²) in [5.74, 6) is -0.576. The summed E-state index contributed by atoms with van der Waals surface area (Å²) in [4.78, 5) is 0. The van der Waals surface area contributed by atoms with Gasteiger partial charge in [0.2, 0.25) is 0 Å². The van der Waals surface area contributed by atoms with Crippen molar-refractivity contribution in [3.8, 4) is 0 Å². The highest BCUT2D eigenvalue weighted by molar-refractivity contribution is 5.26. The topological polar surface area (TPSA) is 32.3 Å². The first kappa shape index (κ1) is 14.6. The molecule has 2 aromatic rings. The highest BCUT2D eigenvalue weighted by Crippen LogP contribution is 2.13. The highest BCUT2D eigenvalue weighted by atomic mass is 19.1. The monoisotopic (exact) mass is 277 g/mol. The summed E-state index contributed by atoms with van der Waals surface area (Å²) < 4.78 is 25.7. The molecule has 0 aliphatic rings. The van der Waals surface area contributed by atoms with Gasteiger partial charge in [-0.25, -0.2) is 8.78 Å². The van der Waals surface area contributed by atoms with E-state index in [1.165, 1.54) is 24.3 Å². The van der Waals surface area contributed by atoms with Crippen LogP contribution in [0.5, 0.6) is 0 Å². The molecule has 0 saturated heterocycles. The quantitative estimate of drug-likeness (QED) is 0.880. The van der Waals surface area contributed by atoms with Gasteiger partial charge in [-0.05, 0) is 47.9 Å². The number of benzene rings is 2. The van der Waals surface area contributed by atoms with Crippen molar-refractivity contribution in [1.82, 2.24) is 5.32 Å². The summed E-state index contributed by atoms with van der Waals surface area (Å²) in [5.41, 5.74) is 2.52. The van der Waals surface area contributed by atoms with E-state index in [1.807, 2.05) is 6.92 Å². The Balaban J connectivity index is 1.87. The number of halogens is 2. The summed E-state index contributed by atoms with van der Waals surface area (Å²) in [6.07, 6.45) is -0.698. The van der Waals surface area contributed by atoms with Crippen molar-refractivity contribution in [3.05, 3.63) is 70.8 Å². The first-order chi connectivity index (χ1) is 9.56. The van der Waals surface area contributed by atoms with E-state index in [1.54, 1.807) is 18.2 Å². The zero-order valence-electron chi connectivity index (χ0n) is 11.2. The second-order valence-electron chi connectivity index (χ2n) is 4.77. The largest absolute Gasteiger partial charge is 0.387 e. The van der Waals surface area contributed by atoms with E-state index in [4.69, 9.17) is 0 Å². The van der Waals surface area contributed by atoms with Crippen LogP contribution in [0.15, 0.2) is 42.5 Å². The number of aliphatic hydroxyl groups excluding tert-OH is 1. The lowest BCUT2D eigenvalue weighted by Crippen LogP contribution is -2.21. The molecule has 1 unspecified atom stereocenters. The van der Waals surface area contributed by atoms with E-state index < -0.39 is 6.10 Å². The van der Waals surface area contributed by atoms with E-state index in [0.717, 1.165) is 11.1 Å². The summed E-state index contributed by atoms with van der Waals surface area (Å²) in [7, 11) is 0. The molecule has 0 spiro atoms. The van der Waals surface area contributed by atoms with Crippen molar-refractivity contribution >= 4 is 0 Å². The van der Waals surface area contributed by atoms with E-state index >= 15 is 0 Å². The van der Waals surface area contributed by atoms with Crippen molar-refractivity contribution in [1.29, 1.82) is 0 Å². The smallest absolute Gasteiger partial charge is 0.123 e. The fourth-order valence-corrected chi connectivity index (χ4v) is 2.00. The molecule has 0 heterocycles. The van der Waals surface area contributed by atoms with E-state index in [2.05, 4.69) is 5.32 Å². The minimum absolute atomic E-state index is 0.252. The maximum absolute atomic E-state index is 13.0. The maximum Gasteiger partial charge on any atom is 0.123 e. The molecule has 20 heavy (non-hydrogen) atoms. The fraction of sp³-hybridized carbons (Fsp3) is 0.250. The van der Waals surface area contributed by atoms with Crippen LogP contribution in [0.1, 0.15) is 22.8 Å². The van der Waals surface area contributed by atoms with Crippen LogP contribution in [0.25, 0.3) is 0 Å². The molecule has 0 aliphatic heterocycles. The second-order valence-corrected chi connectivity index (χ2v) is 4.77. The lowest BCUT2D eigenvalue weighted by Gasteiger charge is -2.13. The van der Waals surface area contributed by atoms with Gasteiger partial charge < -0.3 is 10.4 Å². The van der Waals surface area contributed by atoms with Crippen LogP contribution in [0, 0.1) is 18.6 Å². The number of rotatable bonds is 5. The third-order valence-corrected chi connectivity index (χ3v) is 3.21. The number of aliphatic hydroxyl groups is 1. The lowest BCUT2D eigenvalue weighted by atomic mass is 10.1. The molecule has 0 amide bonds. The number of aryl methyl sites for hydroxylation is 1. The van der Waals surface area contributed by atoms with Gasteiger partial charge in [0.15, 0.2) is 0 Å². The summed E-state index contributed by atoms with van der Waals surface area (Å²) in [6.45, 7) is 2.74. The van der Waals surface area contributed by atoms with E-state index in [9.17, 15) is 13.9 Å². The summed E-state index contributed by atoms with van der Waals surface area (Å²) >= 11 is 0. The van der Waals surface area contributed by atoms with Crippen LogP contribution in [-0.4, -0.2) is 11.7 Å². The maximum atomic E-state index is 13.0. The normalized spacial score (nSPS) is 12.4. The van der Waals surface area contributed by atoms with Crippen LogP contribution < -0.4 is 5.32 Å². The van der Waals surface area contributed by atoms with Gasteiger partial charge in [0.25, 0.3) is 0 Å². The molecule has 4 heteroatoms. The SMILES string of the molecule is Cc1cc(F)ccc1CNCC(O)c1ccc(F)cc1. The fourth-order valence-electron chi connectivity index (χ4n) is 2.00. The van der Waals surface area contributed by atoms with Crippen LogP contribution >= 0.6 is 0 Å². The molecular weight excluding hydrogens is 260 g/mol. The van der Waals surface area contributed by atoms with Gasteiger partial charge in [-0.2, -0.15) is 0 Å². The molecule has 0 saturated carbocycles. The number of hydrogen-bond donors (Lipinski definition) is 2. The first-order valence-corrected chi connectivity index (χ1v) is 6.45. The molecule has 2 aromatic carbocycles. The molecule has 2 rings (SSSR count). The van der Waals surface area contributed by atoms with Crippen LogP contribution in [0.3, 0.4) is 0 Å². The van der Waals surface area contributed by atoms with Crippen molar-refractivity contribution in [2.45, 2.75) is 19.6 Å². The van der Waals surface area contributed by atoms with Crippen molar-refractivity contribution in [2.75, 3.05) is 6.54 Å². The van der Waals surface area contributed by atoms with E-state index in [0.29, 0.717) is 18.7 Å². The molecule has 0 bridgehead atoms. The predicted octanol–water partition coefficient (Wildman–Crippen LogP) is 3.10. The minimum Gasteiger partial charge on any atom is -0.387 e. The second kappa shape index (κ2) is 6.59. The Bertz CT molecular complexity index is 569. The van der Waals surface area contributed by atoms with Crippen molar-refractivity contribution in [3.63, 3.8) is 0 Å². The zero-order chi connectivity index (χ0) is 14.5. The highest BCUT2D eigenvalue weighted by Gasteiger charge is 2.07. The Morgan fingerprint density at radius 1 is 1.05 bits per heavy atom. The van der Waals surface area contributed by atoms with Gasteiger partial charge in [-0.1, -0.05) is 18.2 Å². The Kier molecular flexibility index (Phi) is 4.82. The number of nitrogens with one attached hydrogen (secondary N) is 1. The summed E-state index contributed by atoms with van der Waals surface area (Å²) in [6, 6.07) is 10.4. The average molecular weight is 277 g/mol. The number of hydrogen-bond acceptors (Lipinski definition) is 2. The van der Waals surface area contributed by atoms with Gasteiger partial charge in [-0.15, -0.1) is 0 Å². The van der Waals surface area contributed by atoms with Gasteiger partial charge in [-0.3, -0.25) is 0 Å². The van der Waals surface area contributed by atoms with Gasteiger partial charge in [0.05, 0.1) is 6.10 Å². The Hall–Kier alpha value is -1.78. The third-order valence-electron chi connectivity index (χ3n) is 3.21. The predicted molar refractivity (Wildman–Crippen MR) is 74.2 cm³/mol. The molecule has 0 radical (unpaired) electrons. The Morgan fingerprint density at radius 2 is 1.70 bits per heavy atom. The van der Waals surface area contributed by atoms with Gasteiger partial charge in [0, 0.05) is 13.1 Å². The van der Waals surface area contributed by atoms with Gasteiger partial charge >= 0.3 is 0 Å². The standard InChI is InChI=1S/C16H17F2NO/c1-11-8-15(18)7-4-13(11)9-19-10-16(20)12-2-5-14(17)6-3-12/h2-8,16,19-20H,9-10H2,1H3. The lowest BCUT2D eigenvalue weighted by molar-refractivity contribution is 0.174. The molecule has 0 aliphatic carbocycles. The molecule has 0 aromatic heterocycles. The van der Waals surface area contributed by atoms with Crippen LogP contribution in [0.2, 0.25) is 0 Å². The Labute approximate surface area is 117 Å². The van der Waals surface area contributed by atoms with E-state index in [-0.39, 0.29) is 11.6 Å². The Morgan fingerprint density at radius 3 is 2.35 bits per heavy atom. The first-order valence-electron chi connectivity index (χ1n) is 6.45. The van der Waals surface area contributed by atoms with Crippen molar-refractivity contribution in [2.24, 2.45) is 0 Å². The van der Waals surface area contributed by atoms with Crippen LogP contribution in [-0.2, 0) is 6.54 Å². The third kappa shape index (κ3) is 3.85. The van der Waals surface area contributed by atoms with Crippen molar-refractivity contribution < 1.29 is 13.9 Å². The zero-order valence-corrected chi connectivity index (χ0v) is 11.2. The molecule has 0 fully saturated rings. The molecule has 106 valence electrons. The summed E-state index contributed by atoms with van der Waals surface area (Å²) in [5, 5.41) is 13.1. The van der Waals surface area contributed by atoms with Crippen LogP contribution in [0.4, 0.5) is 8.78 Å². The molecular formula is C16H17F2NO. The molecule has 1 atom stereocenters. The molecule has 2 nitrogen and oxygen atoms in total. The average Bonchev–Trinajstić information content (AvgIpc) is 2.42. The minimum atomic E-state index is -0.698. The molecule has 2 N–H and O–H groups in total. The van der Waals surface area contributed by atoms with Gasteiger partial charge in [0.1, 0.15) is 11.6 Å².